The smallest absolute Gasteiger partial charge is 0.352 e. The molecular weight excluding hydrogens is 638 g/mol. The summed E-state index contributed by atoms with van der Waals surface area (Å²) >= 11 is 12.0. The van der Waals surface area contributed by atoms with Crippen molar-refractivity contribution in [2.75, 3.05) is 10.8 Å². The van der Waals surface area contributed by atoms with Crippen molar-refractivity contribution in [3.63, 3.8) is 0 Å². The van der Waals surface area contributed by atoms with E-state index in [0.29, 0.717) is 21.0 Å². The molecule has 0 aromatic heterocycles. The van der Waals surface area contributed by atoms with Gasteiger partial charge in [0.2, 0.25) is 11.8 Å². The molecule has 0 radical (unpaired) electrons. The van der Waals surface area contributed by atoms with Crippen LogP contribution in [0.2, 0.25) is 10.0 Å². The van der Waals surface area contributed by atoms with Crippen LogP contribution < -0.4 is 9.62 Å². The summed E-state index contributed by atoms with van der Waals surface area (Å²) in [7, 11) is -4.55. The standard InChI is InChI=1S/C31H32Cl2F3N3O4S/c1-21(30(41)37-24-11-4-2-5-12-24)38(19-22-9-8-10-23(32)17-22)29(40)20-39(44(42,43)26-13-6-3-7-14-26)25-15-16-28(33)27(18-25)31(34,35)36/h3,6-10,13-18,21,24H,2,4-5,11-12,19-20H2,1H3,(H,37,41). The van der Waals surface area contributed by atoms with Crippen molar-refractivity contribution in [1.29, 1.82) is 0 Å². The lowest BCUT2D eigenvalue weighted by molar-refractivity contribution is -0.139. The minimum atomic E-state index is -4.89. The van der Waals surface area contributed by atoms with Crippen LogP contribution in [-0.4, -0.2) is 43.8 Å². The Balaban J connectivity index is 1.74. The summed E-state index contributed by atoms with van der Waals surface area (Å²) in [5.41, 5.74) is -1.10. The van der Waals surface area contributed by atoms with Crippen molar-refractivity contribution in [3.8, 4) is 0 Å². The van der Waals surface area contributed by atoms with Crippen molar-refractivity contribution < 1.29 is 31.2 Å². The second kappa shape index (κ2) is 14.2. The van der Waals surface area contributed by atoms with E-state index in [1.54, 1.807) is 30.3 Å². The quantitative estimate of drug-likeness (QED) is 0.250. The number of nitrogens with zero attached hydrogens (tertiary/aromatic N) is 2. The molecule has 7 nitrogen and oxygen atoms in total. The molecule has 1 N–H and O–H groups in total. The molecule has 2 amide bonds. The number of sulfonamides is 1. The van der Waals surface area contributed by atoms with Gasteiger partial charge in [0.05, 0.1) is 21.2 Å². The summed E-state index contributed by atoms with van der Waals surface area (Å²) in [6.45, 7) is 0.532. The Morgan fingerprint density at radius 1 is 0.955 bits per heavy atom. The van der Waals surface area contributed by atoms with Gasteiger partial charge in [-0.2, -0.15) is 13.2 Å². The highest BCUT2D eigenvalue weighted by atomic mass is 35.5. The molecule has 0 saturated heterocycles. The van der Waals surface area contributed by atoms with E-state index in [2.05, 4.69) is 5.32 Å². The average molecular weight is 671 g/mol. The maximum absolute atomic E-state index is 14.0. The molecule has 44 heavy (non-hydrogen) atoms. The second-order valence-corrected chi connectivity index (χ2v) is 13.4. The zero-order valence-corrected chi connectivity index (χ0v) is 26.2. The lowest BCUT2D eigenvalue weighted by Gasteiger charge is -2.33. The van der Waals surface area contributed by atoms with Gasteiger partial charge < -0.3 is 10.2 Å². The van der Waals surface area contributed by atoms with Crippen LogP contribution >= 0.6 is 23.2 Å². The summed E-state index contributed by atoms with van der Waals surface area (Å²) in [5, 5.41) is 2.76. The third-order valence-corrected chi connectivity index (χ3v) is 9.87. The van der Waals surface area contributed by atoms with Crippen molar-refractivity contribution in [3.05, 3.63) is 94.0 Å². The molecule has 0 bridgehead atoms. The van der Waals surface area contributed by atoms with Crippen LogP contribution in [0, 0.1) is 0 Å². The molecule has 1 aliphatic rings. The molecule has 0 aliphatic heterocycles. The molecule has 13 heteroatoms. The molecule has 0 heterocycles. The van der Waals surface area contributed by atoms with Gasteiger partial charge in [-0.25, -0.2) is 8.42 Å². The van der Waals surface area contributed by atoms with Crippen molar-refractivity contribution in [2.24, 2.45) is 0 Å². The second-order valence-electron chi connectivity index (χ2n) is 10.7. The van der Waals surface area contributed by atoms with E-state index in [4.69, 9.17) is 23.2 Å². The van der Waals surface area contributed by atoms with Crippen LogP contribution in [0.1, 0.15) is 50.2 Å². The summed E-state index contributed by atoms with van der Waals surface area (Å²) in [4.78, 5) is 28.4. The third kappa shape index (κ3) is 8.25. The maximum Gasteiger partial charge on any atom is 0.417 e. The molecule has 1 fully saturated rings. The monoisotopic (exact) mass is 669 g/mol. The predicted octanol–water partition coefficient (Wildman–Crippen LogP) is 7.07. The first-order valence-corrected chi connectivity index (χ1v) is 16.3. The Bertz CT molecular complexity index is 1580. The predicted molar refractivity (Wildman–Crippen MR) is 164 cm³/mol. The van der Waals surface area contributed by atoms with Crippen LogP contribution in [0.3, 0.4) is 0 Å². The Kier molecular flexibility index (Phi) is 10.9. The number of benzene rings is 3. The minimum absolute atomic E-state index is 0.0494. The molecule has 236 valence electrons. The summed E-state index contributed by atoms with van der Waals surface area (Å²) in [6, 6.07) is 15.2. The Morgan fingerprint density at radius 3 is 2.27 bits per heavy atom. The van der Waals surface area contributed by atoms with Crippen molar-refractivity contribution in [1.82, 2.24) is 10.2 Å². The molecule has 1 saturated carbocycles. The molecule has 0 spiro atoms. The number of anilines is 1. The first-order chi connectivity index (χ1) is 20.8. The highest BCUT2D eigenvalue weighted by Gasteiger charge is 2.37. The van der Waals surface area contributed by atoms with Gasteiger partial charge in [-0.1, -0.05) is 72.8 Å². The zero-order chi connectivity index (χ0) is 32.1. The van der Waals surface area contributed by atoms with Gasteiger partial charge in [-0.05, 0) is 67.8 Å². The fraction of sp³-hybridized carbons (Fsp3) is 0.355. The Labute approximate surface area is 265 Å². The molecule has 3 aromatic rings. The maximum atomic E-state index is 14.0. The van der Waals surface area contributed by atoms with Gasteiger partial charge in [0, 0.05) is 17.6 Å². The number of carbonyl (C=O) groups excluding carboxylic acids is 2. The van der Waals surface area contributed by atoms with Crippen LogP contribution in [0.5, 0.6) is 0 Å². The lowest BCUT2D eigenvalue weighted by atomic mass is 9.95. The summed E-state index contributed by atoms with van der Waals surface area (Å²) in [6.07, 6.45) is -0.253. The molecular formula is C31H32Cl2F3N3O4S. The van der Waals surface area contributed by atoms with E-state index in [-0.39, 0.29) is 17.5 Å². The lowest BCUT2D eigenvalue weighted by Crippen LogP contribution is -2.53. The van der Waals surface area contributed by atoms with Gasteiger partial charge in [0.1, 0.15) is 12.6 Å². The summed E-state index contributed by atoms with van der Waals surface area (Å²) < 4.78 is 69.6. The fourth-order valence-electron chi connectivity index (χ4n) is 5.12. The molecule has 1 unspecified atom stereocenters. The third-order valence-electron chi connectivity index (χ3n) is 7.51. The SMILES string of the molecule is CC(C(=O)NC1CCCCC1)N(Cc1cccc(Cl)c1)C(=O)CN(c1ccc(Cl)c(C(F)(F)F)c1)S(=O)(=O)c1ccccc1. The highest BCUT2D eigenvalue weighted by Crippen LogP contribution is 2.38. The van der Waals surface area contributed by atoms with Gasteiger partial charge in [0.15, 0.2) is 0 Å². The Hall–Kier alpha value is -3.28. The van der Waals surface area contributed by atoms with Crippen LogP contribution in [0.4, 0.5) is 18.9 Å². The summed E-state index contributed by atoms with van der Waals surface area (Å²) in [5.74, 6) is -1.23. The zero-order valence-electron chi connectivity index (χ0n) is 23.9. The average Bonchev–Trinajstić information content (AvgIpc) is 2.99. The normalized spacial score (nSPS) is 15.0. The highest BCUT2D eigenvalue weighted by molar-refractivity contribution is 7.92. The topological polar surface area (TPSA) is 86.8 Å². The van der Waals surface area contributed by atoms with Gasteiger partial charge in [-0.15, -0.1) is 0 Å². The van der Waals surface area contributed by atoms with E-state index < -0.39 is 56.9 Å². The molecule has 1 aliphatic carbocycles. The van der Waals surface area contributed by atoms with Gasteiger partial charge >= 0.3 is 6.18 Å². The number of nitrogens with one attached hydrogen (secondary N) is 1. The number of hydrogen-bond donors (Lipinski definition) is 1. The number of rotatable bonds is 10. The minimum Gasteiger partial charge on any atom is -0.352 e. The molecule has 4 rings (SSSR count). The van der Waals surface area contributed by atoms with E-state index in [1.165, 1.54) is 36.1 Å². The van der Waals surface area contributed by atoms with Crippen LogP contribution in [-0.2, 0) is 32.3 Å². The van der Waals surface area contributed by atoms with Crippen molar-refractivity contribution in [2.45, 2.75) is 68.7 Å². The Morgan fingerprint density at radius 2 is 1.64 bits per heavy atom. The van der Waals surface area contributed by atoms with Crippen LogP contribution in [0.15, 0.2) is 77.7 Å². The van der Waals surface area contributed by atoms with E-state index in [0.717, 1.165) is 44.2 Å². The number of amides is 2. The number of carbonyl (C=O) groups is 2. The van der Waals surface area contributed by atoms with E-state index >= 15 is 0 Å². The van der Waals surface area contributed by atoms with Gasteiger partial charge in [-0.3, -0.25) is 13.9 Å². The van der Waals surface area contributed by atoms with E-state index in [9.17, 15) is 31.2 Å². The fourth-order valence-corrected chi connectivity index (χ4v) is 6.98. The van der Waals surface area contributed by atoms with Crippen molar-refractivity contribution >= 4 is 50.7 Å². The largest absolute Gasteiger partial charge is 0.417 e. The van der Waals surface area contributed by atoms with Crippen LogP contribution in [0.25, 0.3) is 0 Å². The number of hydrogen-bond acceptors (Lipinski definition) is 4. The van der Waals surface area contributed by atoms with E-state index in [1.807, 2.05) is 0 Å². The first-order valence-electron chi connectivity index (χ1n) is 14.1. The molecule has 1 atom stereocenters. The first kappa shape index (κ1) is 33.6. The molecule has 3 aromatic carbocycles. The van der Waals surface area contributed by atoms with Gasteiger partial charge in [0.25, 0.3) is 10.0 Å². The number of alkyl halides is 3. The number of halogens is 5.